The molecule has 8 heteroatoms. The van der Waals surface area contributed by atoms with Gasteiger partial charge in [-0.05, 0) is 55.7 Å². The van der Waals surface area contributed by atoms with Crippen LogP contribution in [0, 0.1) is 0 Å². The molecule has 1 unspecified atom stereocenters. The number of benzene rings is 2. The molecular weight excluding hydrogens is 432 g/mol. The molecule has 1 N–H and O–H groups in total. The van der Waals surface area contributed by atoms with Crippen molar-refractivity contribution in [2.45, 2.75) is 36.3 Å². The number of thioether (sulfide) groups is 1. The number of ether oxygens (including phenoxy) is 3. The fourth-order valence-corrected chi connectivity index (χ4v) is 5.40. The molecular formula is C23H28N2O4S2. The number of hydrogen-bond acceptors (Lipinski definition) is 7. The van der Waals surface area contributed by atoms with Crippen LogP contribution < -0.4 is 19.5 Å². The predicted octanol–water partition coefficient (Wildman–Crippen LogP) is 4.94. The minimum atomic E-state index is -0.183. The third kappa shape index (κ3) is 6.04. The number of methoxy groups -OCH3 is 2. The van der Waals surface area contributed by atoms with Gasteiger partial charge in [0.1, 0.15) is 5.75 Å². The first-order valence-corrected chi connectivity index (χ1v) is 12.0. The van der Waals surface area contributed by atoms with E-state index >= 15 is 0 Å². The molecule has 0 bridgehead atoms. The van der Waals surface area contributed by atoms with Crippen molar-refractivity contribution >= 4 is 39.2 Å². The smallest absolute Gasteiger partial charge is 0.233 e. The largest absolute Gasteiger partial charge is 0.494 e. The second-order valence-electron chi connectivity index (χ2n) is 6.79. The molecule has 0 aliphatic carbocycles. The van der Waals surface area contributed by atoms with E-state index in [-0.39, 0.29) is 11.2 Å². The van der Waals surface area contributed by atoms with Crippen LogP contribution >= 0.6 is 23.1 Å². The maximum Gasteiger partial charge on any atom is 0.233 e. The lowest BCUT2D eigenvalue weighted by molar-refractivity contribution is -0.120. The van der Waals surface area contributed by atoms with Crippen LogP contribution in [-0.2, 0) is 11.2 Å². The summed E-state index contributed by atoms with van der Waals surface area (Å²) in [4.78, 5) is 17.4. The lowest BCUT2D eigenvalue weighted by atomic mass is 10.1. The number of carbonyl (C=O) groups excluding carboxylic acids is 1. The van der Waals surface area contributed by atoms with Crippen LogP contribution in [0.2, 0.25) is 0 Å². The average Bonchev–Trinajstić information content (AvgIpc) is 3.19. The van der Waals surface area contributed by atoms with E-state index < -0.39 is 0 Å². The lowest BCUT2D eigenvalue weighted by Crippen LogP contribution is -2.33. The highest BCUT2D eigenvalue weighted by molar-refractivity contribution is 8.02. The van der Waals surface area contributed by atoms with Gasteiger partial charge in [-0.15, -0.1) is 11.3 Å². The van der Waals surface area contributed by atoms with Crippen LogP contribution in [0.4, 0.5) is 0 Å². The number of nitrogens with one attached hydrogen (secondary N) is 1. The Morgan fingerprint density at radius 2 is 1.94 bits per heavy atom. The molecule has 0 radical (unpaired) electrons. The van der Waals surface area contributed by atoms with Crippen molar-refractivity contribution < 1.29 is 19.0 Å². The van der Waals surface area contributed by atoms with Crippen LogP contribution in [-0.4, -0.2) is 43.5 Å². The van der Waals surface area contributed by atoms with Gasteiger partial charge in [-0.25, -0.2) is 4.98 Å². The summed E-state index contributed by atoms with van der Waals surface area (Å²) in [6.07, 6.45) is 1.45. The van der Waals surface area contributed by atoms with E-state index in [4.69, 9.17) is 14.2 Å². The highest BCUT2D eigenvalue weighted by atomic mass is 32.2. The van der Waals surface area contributed by atoms with Gasteiger partial charge in [0.2, 0.25) is 5.91 Å². The van der Waals surface area contributed by atoms with Crippen LogP contribution in [0.1, 0.15) is 25.8 Å². The highest BCUT2D eigenvalue weighted by Gasteiger charge is 2.20. The molecule has 0 aliphatic heterocycles. The SMILES string of the molecule is CCOc1ccc2nc(SC(CC)C(=O)NCCc3ccc(OC)c(OC)c3)sc2c1. The Labute approximate surface area is 191 Å². The summed E-state index contributed by atoms with van der Waals surface area (Å²) in [5.41, 5.74) is 2.01. The zero-order chi connectivity index (χ0) is 22.2. The Morgan fingerprint density at radius 3 is 2.65 bits per heavy atom. The fourth-order valence-electron chi connectivity index (χ4n) is 3.11. The maximum atomic E-state index is 12.7. The summed E-state index contributed by atoms with van der Waals surface area (Å²) in [5, 5.41) is 2.87. The minimum Gasteiger partial charge on any atom is -0.494 e. The van der Waals surface area contributed by atoms with E-state index in [1.165, 1.54) is 11.8 Å². The standard InChI is InChI=1S/C23H28N2O4S2/c1-5-20(30-23-25-17-9-8-16(29-6-2)14-21(17)31-23)22(26)24-12-11-15-7-10-18(27-3)19(13-15)28-4/h7-10,13-14,20H,5-6,11-12H2,1-4H3,(H,24,26). The fraction of sp³-hybridized carbons (Fsp3) is 0.391. The van der Waals surface area contributed by atoms with Crippen molar-refractivity contribution in [1.29, 1.82) is 0 Å². The number of aromatic nitrogens is 1. The molecule has 166 valence electrons. The van der Waals surface area contributed by atoms with Gasteiger partial charge >= 0.3 is 0 Å². The summed E-state index contributed by atoms with van der Waals surface area (Å²) in [5.74, 6) is 2.26. The molecule has 3 rings (SSSR count). The molecule has 1 atom stereocenters. The van der Waals surface area contributed by atoms with Gasteiger partial charge in [-0.1, -0.05) is 24.8 Å². The topological polar surface area (TPSA) is 69.7 Å². The molecule has 2 aromatic carbocycles. The van der Waals surface area contributed by atoms with Gasteiger partial charge in [-0.3, -0.25) is 4.79 Å². The van der Waals surface area contributed by atoms with E-state index in [9.17, 15) is 4.79 Å². The quantitative estimate of drug-likeness (QED) is 0.409. The summed E-state index contributed by atoms with van der Waals surface area (Å²) >= 11 is 3.11. The second kappa shape index (κ2) is 11.2. The Kier molecular flexibility index (Phi) is 8.43. The number of rotatable bonds is 11. The van der Waals surface area contributed by atoms with Crippen molar-refractivity contribution in [3.8, 4) is 17.2 Å². The summed E-state index contributed by atoms with van der Waals surface area (Å²) in [6, 6.07) is 11.7. The third-order valence-electron chi connectivity index (χ3n) is 4.72. The first-order valence-electron chi connectivity index (χ1n) is 10.3. The summed E-state index contributed by atoms with van der Waals surface area (Å²) in [6.45, 7) is 5.18. The van der Waals surface area contributed by atoms with Crippen LogP contribution in [0.15, 0.2) is 40.7 Å². The first kappa shape index (κ1) is 23.2. The number of thiazole rings is 1. The monoisotopic (exact) mass is 460 g/mol. The molecule has 6 nitrogen and oxygen atoms in total. The zero-order valence-electron chi connectivity index (χ0n) is 18.3. The summed E-state index contributed by atoms with van der Waals surface area (Å²) < 4.78 is 18.1. The van der Waals surface area contributed by atoms with E-state index in [0.717, 1.165) is 32.3 Å². The Hall–Kier alpha value is -2.45. The molecule has 31 heavy (non-hydrogen) atoms. The summed E-state index contributed by atoms with van der Waals surface area (Å²) in [7, 11) is 3.23. The van der Waals surface area contributed by atoms with Crippen LogP contribution in [0.3, 0.4) is 0 Å². The average molecular weight is 461 g/mol. The van der Waals surface area contributed by atoms with Crippen molar-refractivity contribution in [2.24, 2.45) is 0 Å². The molecule has 1 heterocycles. The van der Waals surface area contributed by atoms with Crippen molar-refractivity contribution in [3.63, 3.8) is 0 Å². The zero-order valence-corrected chi connectivity index (χ0v) is 19.9. The maximum absolute atomic E-state index is 12.7. The number of hydrogen-bond donors (Lipinski definition) is 1. The van der Waals surface area contributed by atoms with Crippen LogP contribution in [0.25, 0.3) is 10.2 Å². The van der Waals surface area contributed by atoms with Crippen molar-refractivity contribution in [3.05, 3.63) is 42.0 Å². The molecule has 0 fully saturated rings. The van der Waals surface area contributed by atoms with E-state index in [2.05, 4.69) is 10.3 Å². The Morgan fingerprint density at radius 1 is 1.13 bits per heavy atom. The van der Waals surface area contributed by atoms with Crippen molar-refractivity contribution in [2.75, 3.05) is 27.4 Å². The van der Waals surface area contributed by atoms with E-state index in [1.807, 2.05) is 50.2 Å². The Balaban J connectivity index is 1.57. The highest BCUT2D eigenvalue weighted by Crippen LogP contribution is 2.35. The van der Waals surface area contributed by atoms with Gasteiger partial charge < -0.3 is 19.5 Å². The molecule has 1 amide bonds. The van der Waals surface area contributed by atoms with Gasteiger partial charge in [-0.2, -0.15) is 0 Å². The number of nitrogens with zero attached hydrogens (tertiary/aromatic N) is 1. The van der Waals surface area contributed by atoms with Crippen LogP contribution in [0.5, 0.6) is 17.2 Å². The number of fused-ring (bicyclic) bond motifs is 1. The van der Waals surface area contributed by atoms with Crippen molar-refractivity contribution in [1.82, 2.24) is 10.3 Å². The first-order chi connectivity index (χ1) is 15.1. The minimum absolute atomic E-state index is 0.0299. The molecule has 1 aromatic heterocycles. The van der Waals surface area contributed by atoms with Gasteiger partial charge in [0.05, 0.1) is 36.3 Å². The second-order valence-corrected chi connectivity index (χ2v) is 9.27. The molecule has 0 saturated carbocycles. The normalized spacial score (nSPS) is 11.9. The lowest BCUT2D eigenvalue weighted by Gasteiger charge is -2.14. The van der Waals surface area contributed by atoms with Gasteiger partial charge in [0.25, 0.3) is 0 Å². The van der Waals surface area contributed by atoms with E-state index in [1.54, 1.807) is 25.6 Å². The molecule has 0 saturated heterocycles. The van der Waals surface area contributed by atoms with Gasteiger partial charge in [0, 0.05) is 6.54 Å². The Bertz CT molecular complexity index is 1020. The van der Waals surface area contributed by atoms with E-state index in [0.29, 0.717) is 31.1 Å². The van der Waals surface area contributed by atoms with Gasteiger partial charge in [0.15, 0.2) is 15.8 Å². The number of amides is 1. The third-order valence-corrected chi connectivity index (χ3v) is 7.19. The number of carbonyl (C=O) groups is 1. The molecule has 0 spiro atoms. The molecule has 0 aliphatic rings. The predicted molar refractivity (Wildman–Crippen MR) is 127 cm³/mol. The molecule has 3 aromatic rings.